The Morgan fingerprint density at radius 1 is 0.861 bits per heavy atom. The van der Waals surface area contributed by atoms with Crippen LogP contribution in [0.5, 0.6) is 0 Å². The van der Waals surface area contributed by atoms with Gasteiger partial charge in [-0.05, 0) is 72.3 Å². The maximum atomic E-state index is 13.7. The maximum Gasteiger partial charge on any atom is 0.263 e. The first kappa shape index (κ1) is 22.4. The zero-order valence-corrected chi connectivity index (χ0v) is 20.4. The van der Waals surface area contributed by atoms with Crippen LogP contribution in [0.3, 0.4) is 0 Å². The number of halogens is 2. The normalized spacial score (nSPS) is 14.6. The minimum absolute atomic E-state index is 0.143. The van der Waals surface area contributed by atoms with Crippen molar-refractivity contribution >= 4 is 57.5 Å². The molecule has 174 valence electrons. The van der Waals surface area contributed by atoms with Gasteiger partial charge in [-0.25, -0.2) is 0 Å². The smallest absolute Gasteiger partial charge is 0.263 e. The number of amides is 1. The van der Waals surface area contributed by atoms with Crippen LogP contribution in [0.2, 0.25) is 10.0 Å². The Balaban J connectivity index is 1.42. The van der Waals surface area contributed by atoms with E-state index >= 15 is 0 Å². The average Bonchev–Trinajstić information content (AvgIpc) is 3.50. The predicted molar refractivity (Wildman–Crippen MR) is 146 cm³/mol. The molecule has 0 spiro atoms. The summed E-state index contributed by atoms with van der Waals surface area (Å²) in [5, 5.41) is 2.06. The molecule has 0 fully saturated rings. The number of pyridine rings is 1. The number of furan rings is 1. The molecule has 0 bridgehead atoms. The first-order chi connectivity index (χ1) is 17.6. The first-order valence-electron chi connectivity index (χ1n) is 11.3. The van der Waals surface area contributed by atoms with Crippen LogP contribution < -0.4 is 4.90 Å². The Hall–Kier alpha value is -4.12. The molecule has 0 N–H and O–H groups in total. The van der Waals surface area contributed by atoms with Gasteiger partial charge in [-0.1, -0.05) is 59.6 Å². The Bertz CT molecular complexity index is 1690. The van der Waals surface area contributed by atoms with Gasteiger partial charge in [-0.3, -0.25) is 14.7 Å². The number of carbonyl (C=O) groups excluding carboxylic acids is 1. The van der Waals surface area contributed by atoms with Gasteiger partial charge in [0.25, 0.3) is 5.91 Å². The van der Waals surface area contributed by atoms with Gasteiger partial charge in [0.05, 0.1) is 16.2 Å². The number of carbonyl (C=O) groups is 1. The highest BCUT2D eigenvalue weighted by Gasteiger charge is 2.31. The summed E-state index contributed by atoms with van der Waals surface area (Å²) < 4.78 is 6.03. The molecule has 0 radical (unpaired) electrons. The summed E-state index contributed by atoms with van der Waals surface area (Å²) in [6.45, 7) is 0. The fourth-order valence-electron chi connectivity index (χ4n) is 4.31. The third-order valence-corrected chi connectivity index (χ3v) is 6.58. The molecule has 6 rings (SSSR count). The summed E-state index contributed by atoms with van der Waals surface area (Å²) in [6.07, 6.45) is 5.39. The Labute approximate surface area is 217 Å². The molecule has 6 heteroatoms. The highest BCUT2D eigenvalue weighted by molar-refractivity contribution is 6.35. The third kappa shape index (κ3) is 4.11. The molecule has 0 saturated heterocycles. The van der Waals surface area contributed by atoms with Crippen molar-refractivity contribution in [3.05, 3.63) is 130 Å². The second kappa shape index (κ2) is 9.15. The van der Waals surface area contributed by atoms with E-state index in [0.717, 1.165) is 27.9 Å². The summed E-state index contributed by atoms with van der Waals surface area (Å²) >= 11 is 12.5. The molecule has 4 nitrogen and oxygen atoms in total. The van der Waals surface area contributed by atoms with Crippen molar-refractivity contribution in [3.63, 3.8) is 0 Å². The monoisotopic (exact) mass is 508 g/mol. The van der Waals surface area contributed by atoms with Crippen molar-refractivity contribution < 1.29 is 9.21 Å². The fourth-order valence-corrected chi connectivity index (χ4v) is 4.69. The lowest BCUT2D eigenvalue weighted by atomic mass is 10.1. The number of hydrogen-bond acceptors (Lipinski definition) is 3. The van der Waals surface area contributed by atoms with E-state index in [0.29, 0.717) is 32.7 Å². The zero-order chi connectivity index (χ0) is 24.6. The molecule has 1 aliphatic rings. The van der Waals surface area contributed by atoms with Gasteiger partial charge in [0.1, 0.15) is 11.5 Å². The standard InChI is InChI=1S/C30H18Cl2N2O2/c31-22-8-11-26(32)25(18-22)29-13-10-24(36-29)16-21-17-28(19-5-2-1-3-6-19)34(30(21)35)23-9-12-27-20(15-23)7-4-14-33-27/h1-18H/b21-16+. The van der Waals surface area contributed by atoms with Gasteiger partial charge in [-0.15, -0.1) is 0 Å². The van der Waals surface area contributed by atoms with Gasteiger partial charge >= 0.3 is 0 Å². The number of hydrogen-bond donors (Lipinski definition) is 0. The minimum atomic E-state index is -0.143. The third-order valence-electron chi connectivity index (χ3n) is 6.02. The van der Waals surface area contributed by atoms with E-state index in [1.807, 2.05) is 78.9 Å². The SMILES string of the molecule is O=C1/C(=C/c2ccc(-c3cc(Cl)ccc3Cl)o2)C=C(c2ccccc2)N1c1ccc2ncccc2c1. The van der Waals surface area contributed by atoms with E-state index in [1.54, 1.807) is 35.4 Å². The summed E-state index contributed by atoms with van der Waals surface area (Å²) in [6, 6.07) is 28.4. The molecular weight excluding hydrogens is 491 g/mol. The molecule has 0 saturated carbocycles. The van der Waals surface area contributed by atoms with Crippen LogP contribution in [0, 0.1) is 0 Å². The highest BCUT2D eigenvalue weighted by Crippen LogP contribution is 2.37. The molecule has 3 aromatic carbocycles. The number of fused-ring (bicyclic) bond motifs is 1. The van der Waals surface area contributed by atoms with E-state index in [9.17, 15) is 4.79 Å². The Kier molecular flexibility index (Phi) is 5.68. The lowest BCUT2D eigenvalue weighted by molar-refractivity contribution is -0.113. The van der Waals surface area contributed by atoms with Crippen LogP contribution in [0.15, 0.2) is 113 Å². The quantitative estimate of drug-likeness (QED) is 0.229. The van der Waals surface area contributed by atoms with Crippen LogP contribution in [0.4, 0.5) is 5.69 Å². The molecule has 0 unspecified atom stereocenters. The molecule has 0 aliphatic carbocycles. The number of aromatic nitrogens is 1. The van der Waals surface area contributed by atoms with Crippen molar-refractivity contribution in [1.82, 2.24) is 4.98 Å². The average molecular weight is 509 g/mol. The summed E-state index contributed by atoms with van der Waals surface area (Å²) in [5.74, 6) is 0.972. The maximum absolute atomic E-state index is 13.7. The molecule has 5 aromatic rings. The summed E-state index contributed by atoms with van der Waals surface area (Å²) in [4.78, 5) is 19.8. The second-order valence-electron chi connectivity index (χ2n) is 8.34. The fraction of sp³-hybridized carbons (Fsp3) is 0. The van der Waals surface area contributed by atoms with Gasteiger partial charge in [0.2, 0.25) is 0 Å². The van der Waals surface area contributed by atoms with Crippen LogP contribution in [-0.2, 0) is 4.79 Å². The van der Waals surface area contributed by atoms with Crippen molar-refractivity contribution in [1.29, 1.82) is 0 Å². The lowest BCUT2D eigenvalue weighted by Crippen LogP contribution is -2.24. The van der Waals surface area contributed by atoms with Crippen molar-refractivity contribution in [2.45, 2.75) is 0 Å². The van der Waals surface area contributed by atoms with Crippen molar-refractivity contribution in [2.75, 3.05) is 4.90 Å². The molecule has 1 aliphatic heterocycles. The molecule has 1 amide bonds. The number of anilines is 1. The number of rotatable bonds is 4. The molecule has 36 heavy (non-hydrogen) atoms. The van der Waals surface area contributed by atoms with E-state index in [1.165, 1.54) is 0 Å². The van der Waals surface area contributed by atoms with Gasteiger partial charge in [0, 0.05) is 33.4 Å². The number of nitrogens with zero attached hydrogens (tertiary/aromatic N) is 2. The summed E-state index contributed by atoms with van der Waals surface area (Å²) in [7, 11) is 0. The summed E-state index contributed by atoms with van der Waals surface area (Å²) in [5.41, 5.74) is 4.57. The Morgan fingerprint density at radius 2 is 1.72 bits per heavy atom. The zero-order valence-electron chi connectivity index (χ0n) is 18.9. The second-order valence-corrected chi connectivity index (χ2v) is 9.19. The minimum Gasteiger partial charge on any atom is -0.457 e. The van der Waals surface area contributed by atoms with Crippen molar-refractivity contribution in [2.24, 2.45) is 0 Å². The van der Waals surface area contributed by atoms with Crippen LogP contribution in [0.1, 0.15) is 11.3 Å². The molecule has 2 aromatic heterocycles. The molecular formula is C30H18Cl2N2O2. The highest BCUT2D eigenvalue weighted by atomic mass is 35.5. The van der Waals surface area contributed by atoms with Gasteiger partial charge in [0.15, 0.2) is 0 Å². The van der Waals surface area contributed by atoms with Crippen LogP contribution in [-0.4, -0.2) is 10.9 Å². The van der Waals surface area contributed by atoms with Gasteiger partial charge in [-0.2, -0.15) is 0 Å². The first-order valence-corrected chi connectivity index (χ1v) is 12.1. The lowest BCUT2D eigenvalue weighted by Gasteiger charge is -2.21. The largest absolute Gasteiger partial charge is 0.457 e. The van der Waals surface area contributed by atoms with E-state index in [-0.39, 0.29) is 5.91 Å². The van der Waals surface area contributed by atoms with Gasteiger partial charge < -0.3 is 4.42 Å². The topological polar surface area (TPSA) is 46.3 Å². The van der Waals surface area contributed by atoms with Crippen LogP contribution in [0.25, 0.3) is 34.0 Å². The molecule has 3 heterocycles. The van der Waals surface area contributed by atoms with Crippen LogP contribution >= 0.6 is 23.2 Å². The predicted octanol–water partition coefficient (Wildman–Crippen LogP) is 8.27. The van der Waals surface area contributed by atoms with Crippen molar-refractivity contribution in [3.8, 4) is 11.3 Å². The Morgan fingerprint density at radius 3 is 2.58 bits per heavy atom. The number of benzene rings is 3. The molecule has 0 atom stereocenters. The van der Waals surface area contributed by atoms with E-state index in [2.05, 4.69) is 4.98 Å². The van der Waals surface area contributed by atoms with E-state index in [4.69, 9.17) is 27.6 Å². The van der Waals surface area contributed by atoms with E-state index < -0.39 is 0 Å².